The molecule has 0 amide bonds. The van der Waals surface area contributed by atoms with Crippen LogP contribution in [0.25, 0.3) is 99.1 Å². The molecule has 0 aliphatic heterocycles. The van der Waals surface area contributed by atoms with Crippen LogP contribution in [-0.4, -0.2) is 20.6 Å². The molecule has 320 valence electrons. The zero-order valence-corrected chi connectivity index (χ0v) is 41.4. The van der Waals surface area contributed by atoms with Crippen molar-refractivity contribution in [1.29, 1.82) is 0 Å². The highest BCUT2D eigenvalue weighted by Gasteiger charge is 2.60. The van der Waals surface area contributed by atoms with Crippen LogP contribution in [0.2, 0.25) is 19.6 Å². The summed E-state index contributed by atoms with van der Waals surface area (Å²) in [7, 11) is -1.74. The topological polar surface area (TPSA) is 0 Å². The van der Waals surface area contributed by atoms with Crippen LogP contribution >= 0.6 is 0 Å². The molecule has 3 aliphatic carbocycles. The van der Waals surface area contributed by atoms with E-state index in [2.05, 4.69) is 230 Å². The predicted molar refractivity (Wildman–Crippen MR) is 290 cm³/mol. The predicted octanol–water partition coefficient (Wildman–Crippen LogP) is 17.2. The van der Waals surface area contributed by atoms with E-state index in [0.29, 0.717) is 0 Å². The second-order valence-corrected chi connectivity index (χ2v) is 29.6. The number of hydrogen-bond donors (Lipinski definition) is 0. The summed E-state index contributed by atoms with van der Waals surface area (Å²) in [6.45, 7) is 17.4. The second-order valence-electron chi connectivity index (χ2n) is 21.7. The average Bonchev–Trinajstić information content (AvgIpc) is 3.85. The van der Waals surface area contributed by atoms with Crippen molar-refractivity contribution in [2.24, 2.45) is 0 Å². The highest BCUT2D eigenvalue weighted by Crippen LogP contribution is 2.58. The van der Waals surface area contributed by atoms with Crippen LogP contribution < -0.4 is 0 Å². The first kappa shape index (κ1) is 40.1. The molecule has 0 saturated carbocycles. The first-order chi connectivity index (χ1) is 31.7. The molecule has 0 aromatic heterocycles. The van der Waals surface area contributed by atoms with Gasteiger partial charge in [0, 0.05) is 22.0 Å². The van der Waals surface area contributed by atoms with E-state index >= 15 is 0 Å². The molecule has 1 atom stereocenters. The average molecular weight is 884 g/mol. The molecule has 10 aromatic rings. The smallest absolute Gasteiger partial charge is 0.0641 e. The van der Waals surface area contributed by atoms with Crippen molar-refractivity contribution in [3.8, 4) is 66.8 Å². The van der Waals surface area contributed by atoms with Crippen molar-refractivity contribution in [1.82, 2.24) is 0 Å². The van der Waals surface area contributed by atoms with E-state index < -0.39 is 8.07 Å². The Kier molecular flexibility index (Phi) is 8.18. The summed E-state index contributed by atoms with van der Waals surface area (Å²) in [5, 5.41) is 7.97. The molecule has 0 heterocycles. The lowest BCUT2D eigenvalue weighted by atomic mass is 9.80. The van der Waals surface area contributed by atoms with Crippen molar-refractivity contribution in [2.75, 3.05) is 12.5 Å². The van der Waals surface area contributed by atoms with Crippen LogP contribution in [-0.2, 0) is 26.1 Å². The number of fused-ring (bicyclic) bond motifs is 9. The Labute approximate surface area is 394 Å². The van der Waals surface area contributed by atoms with Gasteiger partial charge in [-0.15, -0.1) is 0 Å². The van der Waals surface area contributed by atoms with Crippen LogP contribution in [0, 0.1) is 0 Å². The monoisotopic (exact) mass is 883 g/mol. The van der Waals surface area contributed by atoms with Gasteiger partial charge in [-0.05, 0) is 156 Å². The van der Waals surface area contributed by atoms with Crippen LogP contribution in [0.15, 0.2) is 170 Å². The minimum absolute atomic E-state index is 0.0167. The Balaban J connectivity index is 1.09. The van der Waals surface area contributed by atoms with Gasteiger partial charge in [0.25, 0.3) is 0 Å². The minimum Gasteiger partial charge on any atom is -0.0641 e. The van der Waals surface area contributed by atoms with E-state index in [-0.39, 0.29) is 26.1 Å². The zero-order chi connectivity index (χ0) is 45.2. The highest BCUT2D eigenvalue weighted by atomic mass is 32.2. The van der Waals surface area contributed by atoms with Crippen molar-refractivity contribution in [3.63, 3.8) is 0 Å². The van der Waals surface area contributed by atoms with E-state index in [9.17, 15) is 0 Å². The van der Waals surface area contributed by atoms with Crippen LogP contribution in [0.5, 0.6) is 0 Å². The molecule has 10 aromatic carbocycles. The standard InChI is InChI=1S/C64H55SSi/c1-62(2)54-19-13-10-16-43(54)46-28-24-39(34-57(46)62)42-27-22-38-23-31-50-52(40-25-29-47-44-17-11-14-20-55(44)63(3,4)58(47)35-40)37-53(51-33-32-49(42)60(38)61(50)51)41-26-30-48-45-18-12-15-21-56(45)64(65(5)6,59(48)36-41)66(7,8)9/h10-37H,1-9H3/q+1. The Morgan fingerprint density at radius 2 is 0.712 bits per heavy atom. The van der Waals surface area contributed by atoms with Gasteiger partial charge in [-0.25, -0.2) is 0 Å². The number of benzene rings is 10. The first-order valence-electron chi connectivity index (χ1n) is 23.8. The third kappa shape index (κ3) is 5.07. The van der Waals surface area contributed by atoms with Crippen LogP contribution in [0.3, 0.4) is 0 Å². The van der Waals surface area contributed by atoms with Gasteiger partial charge in [0.15, 0.2) is 4.37 Å². The van der Waals surface area contributed by atoms with Crippen molar-refractivity contribution in [3.05, 3.63) is 203 Å². The van der Waals surface area contributed by atoms with Gasteiger partial charge in [-0.1, -0.05) is 193 Å². The fourth-order valence-corrected chi connectivity index (χ4v) is 21.8. The molecule has 0 N–H and O–H groups in total. The quantitative estimate of drug-likeness (QED) is 0.0918. The largest absolute Gasteiger partial charge is 0.161 e. The molecule has 0 fully saturated rings. The van der Waals surface area contributed by atoms with Crippen LogP contribution in [0.1, 0.15) is 61.1 Å². The molecule has 3 aliphatic rings. The summed E-state index contributed by atoms with van der Waals surface area (Å²) in [6, 6.07) is 66.4. The normalized spacial score (nSPS) is 17.3. The minimum atomic E-state index is -1.84. The second kappa shape index (κ2) is 13.5. The van der Waals surface area contributed by atoms with E-state index in [1.165, 1.54) is 132 Å². The molecule has 0 nitrogen and oxygen atoms in total. The van der Waals surface area contributed by atoms with E-state index in [4.69, 9.17) is 0 Å². The van der Waals surface area contributed by atoms with Crippen LogP contribution in [0.4, 0.5) is 0 Å². The van der Waals surface area contributed by atoms with E-state index in [1.807, 2.05) is 0 Å². The third-order valence-corrected chi connectivity index (χ3v) is 23.9. The Hall–Kier alpha value is -6.19. The van der Waals surface area contributed by atoms with Gasteiger partial charge >= 0.3 is 0 Å². The summed E-state index contributed by atoms with van der Waals surface area (Å²) in [6.07, 6.45) is 4.99. The third-order valence-electron chi connectivity index (χ3n) is 16.5. The lowest BCUT2D eigenvalue weighted by Crippen LogP contribution is -2.54. The number of rotatable bonds is 5. The Bertz CT molecular complexity index is 3730. The fourth-order valence-electron chi connectivity index (χ4n) is 13.6. The Morgan fingerprint density at radius 1 is 0.333 bits per heavy atom. The fraction of sp³-hybridized carbons (Fsp3) is 0.188. The molecule has 0 spiro atoms. The Morgan fingerprint density at radius 3 is 1.23 bits per heavy atom. The summed E-state index contributed by atoms with van der Waals surface area (Å²) in [5.74, 6) is 0. The lowest BCUT2D eigenvalue weighted by molar-refractivity contribution is 0.660. The SMILES string of the molecule is C[S+](C)C1([Si](C)(C)C)c2ccccc2-c2ccc(-c3cc(-c4ccc5c(c4)C(C)(C)c4ccccc4-5)c4ccc5ccc(-c6ccc7c(c6)C(C)(C)c6ccccc6-7)c6ccc3c4c56)cc21. The van der Waals surface area contributed by atoms with Gasteiger partial charge in [0.2, 0.25) is 0 Å². The molecule has 1 unspecified atom stereocenters. The highest BCUT2D eigenvalue weighted by molar-refractivity contribution is 7.98. The van der Waals surface area contributed by atoms with Gasteiger partial charge in [0.05, 0.1) is 12.5 Å². The molecule has 13 rings (SSSR count). The molecule has 0 saturated heterocycles. The summed E-state index contributed by atoms with van der Waals surface area (Å²) in [5.41, 5.74) is 24.6. The summed E-state index contributed by atoms with van der Waals surface area (Å²) < 4.78 is 0.0167. The van der Waals surface area contributed by atoms with E-state index in [0.717, 1.165) is 0 Å². The summed E-state index contributed by atoms with van der Waals surface area (Å²) in [4.78, 5) is 0. The van der Waals surface area contributed by atoms with E-state index in [1.54, 1.807) is 0 Å². The maximum Gasteiger partial charge on any atom is 0.161 e. The van der Waals surface area contributed by atoms with Crippen molar-refractivity contribution >= 4 is 51.3 Å². The molecular formula is C64H55SSi+. The molecule has 0 bridgehead atoms. The van der Waals surface area contributed by atoms with Crippen molar-refractivity contribution < 1.29 is 0 Å². The summed E-state index contributed by atoms with van der Waals surface area (Å²) >= 11 is 0. The maximum atomic E-state index is 2.63. The van der Waals surface area contributed by atoms with Gasteiger partial charge < -0.3 is 0 Å². The maximum absolute atomic E-state index is 2.63. The van der Waals surface area contributed by atoms with Gasteiger partial charge in [0.1, 0.15) is 8.07 Å². The molecule has 2 heteroatoms. The molecule has 66 heavy (non-hydrogen) atoms. The lowest BCUT2D eigenvalue weighted by Gasteiger charge is -2.39. The number of hydrogen-bond acceptors (Lipinski definition) is 0. The first-order valence-corrected chi connectivity index (χ1v) is 29.3. The van der Waals surface area contributed by atoms with Crippen molar-refractivity contribution in [2.45, 2.75) is 62.5 Å². The molecule has 0 radical (unpaired) electrons. The van der Waals surface area contributed by atoms with Gasteiger partial charge in [-0.2, -0.15) is 0 Å². The molecular weight excluding hydrogens is 829 g/mol. The van der Waals surface area contributed by atoms with Gasteiger partial charge in [-0.3, -0.25) is 0 Å². The zero-order valence-electron chi connectivity index (χ0n) is 39.6.